The van der Waals surface area contributed by atoms with E-state index in [4.69, 9.17) is 5.73 Å². The first-order valence-electron chi connectivity index (χ1n) is 5.28. The van der Waals surface area contributed by atoms with Crippen LogP contribution in [0.2, 0.25) is 0 Å². The fraction of sp³-hybridized carbons (Fsp3) is 0.636. The number of nitrogens with two attached hydrogens (primary N) is 1. The highest BCUT2D eigenvalue weighted by Gasteiger charge is 2.57. The fourth-order valence-electron chi connectivity index (χ4n) is 2.36. The summed E-state index contributed by atoms with van der Waals surface area (Å²) >= 11 is 0. The highest BCUT2D eigenvalue weighted by atomic mass is 19.3. The molecule has 0 unspecified atom stereocenters. The van der Waals surface area contributed by atoms with Crippen LogP contribution >= 0.6 is 0 Å². The number of aryl methyl sites for hydroxylation is 2. The zero-order chi connectivity index (χ0) is 12.0. The monoisotopic (exact) mass is 227 g/mol. The van der Waals surface area contributed by atoms with E-state index in [0.717, 1.165) is 5.69 Å². The minimum Gasteiger partial charge on any atom is -0.330 e. The van der Waals surface area contributed by atoms with Crippen LogP contribution in [0.25, 0.3) is 0 Å². The van der Waals surface area contributed by atoms with Crippen LogP contribution < -0.4 is 5.73 Å². The van der Waals surface area contributed by atoms with Crippen LogP contribution in [0.5, 0.6) is 0 Å². The van der Waals surface area contributed by atoms with Gasteiger partial charge in [-0.2, -0.15) is 0 Å². The number of halogens is 2. The third-order valence-corrected chi connectivity index (χ3v) is 3.09. The van der Waals surface area contributed by atoms with Crippen molar-refractivity contribution in [1.29, 1.82) is 0 Å². The van der Waals surface area contributed by atoms with Gasteiger partial charge < -0.3 is 5.73 Å². The maximum absolute atomic E-state index is 13.0. The van der Waals surface area contributed by atoms with Gasteiger partial charge in [-0.1, -0.05) is 0 Å². The topological polar surface area (TPSA) is 51.8 Å². The Kier molecular flexibility index (Phi) is 2.45. The van der Waals surface area contributed by atoms with Gasteiger partial charge in [0.1, 0.15) is 5.82 Å². The molecule has 1 fully saturated rings. The minimum absolute atomic E-state index is 0.202. The number of alkyl halides is 2. The van der Waals surface area contributed by atoms with Gasteiger partial charge in [0.05, 0.1) is 5.69 Å². The van der Waals surface area contributed by atoms with Gasteiger partial charge in [0.2, 0.25) is 5.92 Å². The Morgan fingerprint density at radius 1 is 1.31 bits per heavy atom. The molecule has 0 atom stereocenters. The van der Waals surface area contributed by atoms with Gasteiger partial charge in [0.25, 0.3) is 0 Å². The van der Waals surface area contributed by atoms with E-state index in [0.29, 0.717) is 11.5 Å². The molecule has 0 aliphatic heterocycles. The fourth-order valence-corrected chi connectivity index (χ4v) is 2.36. The van der Waals surface area contributed by atoms with Gasteiger partial charge in [-0.3, -0.25) is 0 Å². The van der Waals surface area contributed by atoms with Crippen molar-refractivity contribution in [3.05, 3.63) is 23.3 Å². The van der Waals surface area contributed by atoms with Crippen LogP contribution in [0.3, 0.4) is 0 Å². The molecule has 3 nitrogen and oxygen atoms in total. The van der Waals surface area contributed by atoms with Gasteiger partial charge in [-0.25, -0.2) is 18.7 Å². The molecule has 0 amide bonds. The van der Waals surface area contributed by atoms with Crippen molar-refractivity contribution >= 4 is 0 Å². The van der Waals surface area contributed by atoms with Crippen molar-refractivity contribution in [2.45, 2.75) is 38.0 Å². The zero-order valence-electron chi connectivity index (χ0n) is 9.43. The lowest BCUT2D eigenvalue weighted by Gasteiger charge is -2.46. The number of hydrogen-bond acceptors (Lipinski definition) is 3. The van der Waals surface area contributed by atoms with E-state index >= 15 is 0 Å². The summed E-state index contributed by atoms with van der Waals surface area (Å²) in [4.78, 5) is 8.38. The summed E-state index contributed by atoms with van der Waals surface area (Å²) in [7, 11) is 0. The Balaban J connectivity index is 2.35. The lowest BCUT2D eigenvalue weighted by molar-refractivity contribution is -0.125. The molecule has 0 bridgehead atoms. The predicted octanol–water partition coefficient (Wildman–Crippen LogP) is 1.72. The molecule has 0 saturated heterocycles. The Morgan fingerprint density at radius 3 is 2.38 bits per heavy atom. The molecular formula is C11H15F2N3. The molecule has 0 radical (unpaired) electrons. The van der Waals surface area contributed by atoms with Crippen molar-refractivity contribution < 1.29 is 8.78 Å². The standard InChI is InChI=1S/C11H15F2N3/c1-7-3-9(16-8(2)15-7)10(6-14)4-11(12,13)5-10/h3H,4-6,14H2,1-2H3. The lowest BCUT2D eigenvalue weighted by Crippen LogP contribution is -2.54. The van der Waals surface area contributed by atoms with E-state index in [1.807, 2.05) is 6.92 Å². The SMILES string of the molecule is Cc1cc(C2(CN)CC(F)(F)C2)nc(C)n1. The normalized spacial score (nSPS) is 21.6. The summed E-state index contributed by atoms with van der Waals surface area (Å²) in [6.07, 6.45) is -0.404. The third kappa shape index (κ3) is 1.80. The summed E-state index contributed by atoms with van der Waals surface area (Å²) in [5.41, 5.74) is 6.43. The molecule has 1 aliphatic carbocycles. The molecule has 1 aromatic heterocycles. The first kappa shape index (κ1) is 11.4. The van der Waals surface area contributed by atoms with Crippen LogP contribution in [0, 0.1) is 13.8 Å². The molecule has 2 rings (SSSR count). The van der Waals surface area contributed by atoms with Gasteiger partial charge in [-0.05, 0) is 19.9 Å². The van der Waals surface area contributed by atoms with Crippen LogP contribution in [-0.4, -0.2) is 22.4 Å². The van der Waals surface area contributed by atoms with E-state index in [9.17, 15) is 8.78 Å². The van der Waals surface area contributed by atoms with Gasteiger partial charge in [-0.15, -0.1) is 0 Å². The molecule has 1 saturated carbocycles. The minimum atomic E-state index is -2.59. The molecule has 5 heteroatoms. The lowest BCUT2D eigenvalue weighted by atomic mass is 9.64. The van der Waals surface area contributed by atoms with E-state index < -0.39 is 11.3 Å². The predicted molar refractivity (Wildman–Crippen MR) is 56.4 cm³/mol. The Bertz CT molecular complexity index is 389. The number of aromatic nitrogens is 2. The van der Waals surface area contributed by atoms with E-state index in [1.165, 1.54) is 0 Å². The van der Waals surface area contributed by atoms with Crippen LogP contribution in [0.4, 0.5) is 8.78 Å². The Labute approximate surface area is 93.1 Å². The molecule has 0 aromatic carbocycles. The Hall–Kier alpha value is -1.10. The van der Waals surface area contributed by atoms with E-state index in [1.54, 1.807) is 13.0 Å². The van der Waals surface area contributed by atoms with Crippen molar-refractivity contribution in [2.24, 2.45) is 5.73 Å². The molecule has 1 aromatic rings. The molecule has 0 spiro atoms. The molecule has 16 heavy (non-hydrogen) atoms. The zero-order valence-corrected chi connectivity index (χ0v) is 9.43. The summed E-state index contributed by atoms with van der Waals surface area (Å²) in [5.74, 6) is -1.98. The highest BCUT2D eigenvalue weighted by Crippen LogP contribution is 2.52. The summed E-state index contributed by atoms with van der Waals surface area (Å²) < 4.78 is 26.0. The molecule has 1 aliphatic rings. The van der Waals surface area contributed by atoms with E-state index in [2.05, 4.69) is 9.97 Å². The second-order valence-electron chi connectivity index (χ2n) is 4.64. The van der Waals surface area contributed by atoms with Crippen LogP contribution in [-0.2, 0) is 5.41 Å². The van der Waals surface area contributed by atoms with Crippen molar-refractivity contribution in [3.8, 4) is 0 Å². The smallest absolute Gasteiger partial charge is 0.250 e. The third-order valence-electron chi connectivity index (χ3n) is 3.09. The second kappa shape index (κ2) is 3.45. The largest absolute Gasteiger partial charge is 0.330 e. The van der Waals surface area contributed by atoms with Crippen LogP contribution in [0.15, 0.2) is 6.07 Å². The van der Waals surface area contributed by atoms with Crippen LogP contribution in [0.1, 0.15) is 30.1 Å². The number of nitrogens with zero attached hydrogens (tertiary/aromatic N) is 2. The van der Waals surface area contributed by atoms with Gasteiger partial charge in [0.15, 0.2) is 0 Å². The molecule has 88 valence electrons. The average Bonchev–Trinajstić information content (AvgIpc) is 2.11. The quantitative estimate of drug-likeness (QED) is 0.837. The molecule has 1 heterocycles. The maximum Gasteiger partial charge on any atom is 0.250 e. The van der Waals surface area contributed by atoms with Gasteiger partial charge >= 0.3 is 0 Å². The summed E-state index contributed by atoms with van der Waals surface area (Å²) in [6.45, 7) is 3.80. The van der Waals surface area contributed by atoms with Crippen molar-refractivity contribution in [3.63, 3.8) is 0 Å². The van der Waals surface area contributed by atoms with Crippen molar-refractivity contribution in [2.75, 3.05) is 6.54 Å². The molecule has 2 N–H and O–H groups in total. The van der Waals surface area contributed by atoms with Crippen molar-refractivity contribution in [1.82, 2.24) is 9.97 Å². The summed E-state index contributed by atoms with van der Waals surface area (Å²) in [5, 5.41) is 0. The first-order chi connectivity index (χ1) is 7.37. The second-order valence-corrected chi connectivity index (χ2v) is 4.64. The number of rotatable bonds is 2. The van der Waals surface area contributed by atoms with E-state index in [-0.39, 0.29) is 19.4 Å². The van der Waals surface area contributed by atoms with Gasteiger partial charge in [0, 0.05) is 30.5 Å². The first-order valence-corrected chi connectivity index (χ1v) is 5.28. The maximum atomic E-state index is 13.0. The Morgan fingerprint density at radius 2 is 1.94 bits per heavy atom. The average molecular weight is 227 g/mol. The molecular weight excluding hydrogens is 212 g/mol. The number of hydrogen-bond donors (Lipinski definition) is 1. The summed E-state index contributed by atoms with van der Waals surface area (Å²) in [6, 6.07) is 1.76. The highest BCUT2D eigenvalue weighted by molar-refractivity contribution is 5.26.